The van der Waals surface area contributed by atoms with Gasteiger partial charge in [0, 0.05) is 22.8 Å². The van der Waals surface area contributed by atoms with Gasteiger partial charge in [-0.2, -0.15) is 0 Å². The van der Waals surface area contributed by atoms with E-state index in [9.17, 15) is 0 Å². The molecule has 0 aliphatic carbocycles. The summed E-state index contributed by atoms with van der Waals surface area (Å²) in [5, 5.41) is 6.85. The van der Waals surface area contributed by atoms with Crippen LogP contribution in [0.15, 0.2) is 94.9 Å². The van der Waals surface area contributed by atoms with Gasteiger partial charge in [0.1, 0.15) is 11.4 Å². The Labute approximate surface area is 204 Å². The molecule has 2 aliphatic rings. The molecule has 172 valence electrons. The molecule has 6 rings (SSSR count). The van der Waals surface area contributed by atoms with E-state index in [0.717, 1.165) is 65.1 Å². The second-order valence-electron chi connectivity index (χ2n) is 8.78. The van der Waals surface area contributed by atoms with Crippen LogP contribution in [0.2, 0.25) is 0 Å². The molecule has 0 saturated carbocycles. The van der Waals surface area contributed by atoms with Crippen LogP contribution in [0.3, 0.4) is 0 Å². The van der Waals surface area contributed by atoms with Crippen molar-refractivity contribution in [1.29, 1.82) is 0 Å². The fourth-order valence-corrected chi connectivity index (χ4v) is 4.46. The van der Waals surface area contributed by atoms with Crippen molar-refractivity contribution in [3.8, 4) is 0 Å². The third kappa shape index (κ3) is 4.68. The Morgan fingerprint density at radius 3 is 1.54 bits per heavy atom. The van der Waals surface area contributed by atoms with Crippen molar-refractivity contribution < 1.29 is 0 Å². The number of aromatic nitrogens is 2. The van der Waals surface area contributed by atoms with Gasteiger partial charge in [-0.05, 0) is 66.8 Å². The Bertz CT molecular complexity index is 1330. The Balaban J connectivity index is 1.09. The summed E-state index contributed by atoms with van der Waals surface area (Å²) in [7, 11) is 0. The zero-order valence-corrected chi connectivity index (χ0v) is 19.4. The molecular weight excluding hydrogens is 432 g/mol. The Morgan fingerprint density at radius 2 is 1.03 bits per heavy atom. The van der Waals surface area contributed by atoms with Crippen LogP contribution in [0.1, 0.15) is 40.3 Å². The first kappa shape index (κ1) is 21.2. The number of para-hydroxylation sites is 2. The minimum Gasteiger partial charge on any atom is -0.338 e. The van der Waals surface area contributed by atoms with Gasteiger partial charge in [0.15, 0.2) is 11.7 Å². The lowest BCUT2D eigenvalue weighted by molar-refractivity contribution is 0.779. The smallest absolute Gasteiger partial charge is 0.152 e. The maximum Gasteiger partial charge on any atom is 0.152 e. The lowest BCUT2D eigenvalue weighted by atomic mass is 10.1. The van der Waals surface area contributed by atoms with Crippen molar-refractivity contribution in [3.05, 3.63) is 119 Å². The quantitative estimate of drug-likeness (QED) is 0.406. The fourth-order valence-electron chi connectivity index (χ4n) is 4.46. The highest BCUT2D eigenvalue weighted by Gasteiger charge is 2.15. The molecule has 2 aliphatic heterocycles. The van der Waals surface area contributed by atoms with Gasteiger partial charge in [0.05, 0.1) is 13.1 Å². The average Bonchev–Trinajstić information content (AvgIpc) is 2.93. The third-order valence-electron chi connectivity index (χ3n) is 6.32. The number of rotatable bonds is 6. The highest BCUT2D eigenvalue weighted by atomic mass is 15.1. The van der Waals surface area contributed by atoms with E-state index < -0.39 is 0 Å². The van der Waals surface area contributed by atoms with Gasteiger partial charge >= 0.3 is 0 Å². The normalized spacial score (nSPS) is 14.1. The Kier molecular flexibility index (Phi) is 5.77. The van der Waals surface area contributed by atoms with E-state index in [2.05, 4.69) is 59.2 Å². The van der Waals surface area contributed by atoms with Crippen molar-refractivity contribution in [2.75, 3.05) is 10.6 Å². The van der Waals surface area contributed by atoms with Crippen LogP contribution in [-0.4, -0.2) is 21.6 Å². The minimum absolute atomic E-state index is 0.679. The van der Waals surface area contributed by atoms with Crippen LogP contribution in [0, 0.1) is 0 Å². The fraction of sp³-hybridized carbons (Fsp3) is 0.172. The van der Waals surface area contributed by atoms with Gasteiger partial charge in [0.2, 0.25) is 0 Å². The predicted octanol–water partition coefficient (Wildman–Crippen LogP) is 5.40. The number of anilines is 2. The van der Waals surface area contributed by atoms with E-state index >= 15 is 0 Å². The van der Waals surface area contributed by atoms with Gasteiger partial charge in [-0.25, -0.2) is 9.97 Å². The lowest BCUT2D eigenvalue weighted by Crippen LogP contribution is -2.20. The van der Waals surface area contributed by atoms with E-state index in [1.54, 1.807) is 0 Å². The van der Waals surface area contributed by atoms with Gasteiger partial charge < -0.3 is 10.6 Å². The molecule has 0 atom stereocenters. The predicted molar refractivity (Wildman–Crippen MR) is 141 cm³/mol. The lowest BCUT2D eigenvalue weighted by Gasteiger charge is -2.18. The zero-order chi connectivity index (χ0) is 23.5. The van der Waals surface area contributed by atoms with Crippen LogP contribution < -0.4 is 10.6 Å². The van der Waals surface area contributed by atoms with Crippen LogP contribution in [0.5, 0.6) is 0 Å². The van der Waals surface area contributed by atoms with E-state index in [1.165, 1.54) is 11.1 Å². The van der Waals surface area contributed by atoms with E-state index in [4.69, 9.17) is 20.0 Å². The monoisotopic (exact) mass is 458 g/mol. The second kappa shape index (κ2) is 9.50. The number of amidine groups is 2. The molecule has 0 saturated heterocycles. The standard InChI is InChI=1S/C29H26N6/c1-3-14-24-20(8-1)18-30-28(34-24)26-16-6-12-22(32-26)10-5-11-23-13-7-17-27(33-23)29-31-19-21-9-2-4-15-25(21)35-29/h1-4,6-9,12-17H,5,10-11,18-19H2,(H,30,34)(H,31,35). The van der Waals surface area contributed by atoms with Crippen molar-refractivity contribution in [2.45, 2.75) is 32.4 Å². The van der Waals surface area contributed by atoms with Crippen molar-refractivity contribution in [3.63, 3.8) is 0 Å². The van der Waals surface area contributed by atoms with E-state index in [0.29, 0.717) is 13.1 Å². The topological polar surface area (TPSA) is 74.6 Å². The molecule has 0 bridgehead atoms. The van der Waals surface area contributed by atoms with Gasteiger partial charge in [-0.1, -0.05) is 48.5 Å². The maximum absolute atomic E-state index is 4.87. The summed E-state index contributed by atoms with van der Waals surface area (Å²) in [6, 6.07) is 28.9. The molecule has 2 N–H and O–H groups in total. The zero-order valence-electron chi connectivity index (χ0n) is 19.4. The number of hydrogen-bond acceptors (Lipinski definition) is 6. The van der Waals surface area contributed by atoms with Gasteiger partial charge in [0.25, 0.3) is 0 Å². The number of pyridine rings is 2. The largest absolute Gasteiger partial charge is 0.338 e. The van der Waals surface area contributed by atoms with Crippen LogP contribution in [0.25, 0.3) is 0 Å². The summed E-state index contributed by atoms with van der Waals surface area (Å²) >= 11 is 0. The molecule has 6 nitrogen and oxygen atoms in total. The highest BCUT2D eigenvalue weighted by Crippen LogP contribution is 2.23. The summed E-state index contributed by atoms with van der Waals surface area (Å²) in [4.78, 5) is 19.1. The van der Waals surface area contributed by atoms with Gasteiger partial charge in [-0.15, -0.1) is 0 Å². The summed E-state index contributed by atoms with van der Waals surface area (Å²) < 4.78 is 0. The molecule has 0 radical (unpaired) electrons. The first-order valence-corrected chi connectivity index (χ1v) is 12.0. The summed E-state index contributed by atoms with van der Waals surface area (Å²) in [5.41, 5.74) is 8.54. The van der Waals surface area contributed by atoms with Gasteiger partial charge in [-0.3, -0.25) is 9.98 Å². The molecule has 35 heavy (non-hydrogen) atoms. The van der Waals surface area contributed by atoms with E-state index in [1.807, 2.05) is 36.4 Å². The molecule has 0 unspecified atom stereocenters. The number of fused-ring (bicyclic) bond motifs is 2. The molecule has 4 heterocycles. The first-order chi connectivity index (χ1) is 17.3. The first-order valence-electron chi connectivity index (χ1n) is 12.0. The molecule has 4 aromatic rings. The molecule has 0 fully saturated rings. The van der Waals surface area contributed by atoms with Crippen LogP contribution >= 0.6 is 0 Å². The highest BCUT2D eigenvalue weighted by molar-refractivity contribution is 6.08. The number of nitrogens with zero attached hydrogens (tertiary/aromatic N) is 4. The molecule has 6 heteroatoms. The molecule has 0 spiro atoms. The van der Waals surface area contributed by atoms with Crippen LogP contribution in [-0.2, 0) is 25.9 Å². The van der Waals surface area contributed by atoms with Crippen LogP contribution in [0.4, 0.5) is 11.4 Å². The number of aliphatic imine (C=N–C) groups is 2. The SMILES string of the molecule is c1cc(CCCc2cccc(C3=NCc4ccccc4N3)n2)nc(C2=NCc3ccccc3N2)c1. The third-order valence-corrected chi connectivity index (χ3v) is 6.32. The second-order valence-corrected chi connectivity index (χ2v) is 8.78. The molecule has 2 aromatic carbocycles. The molecular formula is C29H26N6. The Hall–Kier alpha value is -4.32. The average molecular weight is 459 g/mol. The maximum atomic E-state index is 4.87. The number of hydrogen-bond donors (Lipinski definition) is 2. The summed E-state index contributed by atoms with van der Waals surface area (Å²) in [5.74, 6) is 1.67. The minimum atomic E-state index is 0.679. The van der Waals surface area contributed by atoms with Crippen molar-refractivity contribution >= 4 is 23.0 Å². The van der Waals surface area contributed by atoms with Crippen molar-refractivity contribution in [2.24, 2.45) is 9.98 Å². The summed E-state index contributed by atoms with van der Waals surface area (Å²) in [6.07, 6.45) is 2.74. The Morgan fingerprint density at radius 1 is 0.543 bits per heavy atom. The molecule has 0 amide bonds. The summed E-state index contributed by atoms with van der Waals surface area (Å²) in [6.45, 7) is 1.36. The van der Waals surface area contributed by atoms with E-state index in [-0.39, 0.29) is 0 Å². The molecule has 2 aromatic heterocycles. The number of nitrogens with one attached hydrogen (secondary N) is 2. The number of benzene rings is 2. The van der Waals surface area contributed by atoms with Crippen molar-refractivity contribution in [1.82, 2.24) is 9.97 Å². The number of aryl methyl sites for hydroxylation is 2.